The number of amides is 2. The van der Waals surface area contributed by atoms with E-state index in [2.05, 4.69) is 25.9 Å². The van der Waals surface area contributed by atoms with E-state index in [9.17, 15) is 27.6 Å². The molecule has 3 aromatic rings. The van der Waals surface area contributed by atoms with E-state index >= 15 is 0 Å². The number of aryl methyl sites for hydroxylation is 2. The van der Waals surface area contributed by atoms with Gasteiger partial charge in [-0.2, -0.15) is 18.2 Å². The summed E-state index contributed by atoms with van der Waals surface area (Å²) in [5, 5.41) is 7.79. The predicted octanol–water partition coefficient (Wildman–Crippen LogP) is 4.21. The number of hydrogen-bond acceptors (Lipinski definition) is 5. The normalized spacial score (nSPS) is 15.3. The summed E-state index contributed by atoms with van der Waals surface area (Å²) in [7, 11) is 0. The van der Waals surface area contributed by atoms with Gasteiger partial charge in [0.15, 0.2) is 0 Å². The van der Waals surface area contributed by atoms with Crippen LogP contribution in [0, 0.1) is 13.8 Å². The maximum absolute atomic E-state index is 13.0. The number of carbonyl (C=O) groups excluding carboxylic acids is 2. The van der Waals surface area contributed by atoms with Gasteiger partial charge in [0.1, 0.15) is 5.82 Å². The van der Waals surface area contributed by atoms with Gasteiger partial charge in [-0.15, -0.1) is 0 Å². The molecule has 0 spiro atoms. The van der Waals surface area contributed by atoms with Crippen molar-refractivity contribution in [3.05, 3.63) is 75.1 Å². The fourth-order valence-electron chi connectivity index (χ4n) is 3.84. The zero-order chi connectivity index (χ0) is 24.6. The third kappa shape index (κ3) is 4.92. The number of H-pyrrole nitrogens is 1. The van der Waals surface area contributed by atoms with E-state index in [-0.39, 0.29) is 29.4 Å². The maximum atomic E-state index is 13.0. The number of anilines is 4. The number of rotatable bonds is 4. The second kappa shape index (κ2) is 8.65. The number of aromatic nitrogens is 2. The van der Waals surface area contributed by atoms with Crippen LogP contribution in [0.4, 0.5) is 36.3 Å². The first kappa shape index (κ1) is 23.0. The topological polar surface area (TPSA) is 116 Å². The number of benzene rings is 2. The molecule has 2 aromatic carbocycles. The van der Waals surface area contributed by atoms with E-state index in [0.717, 1.165) is 23.3 Å². The van der Waals surface area contributed by atoms with Gasteiger partial charge in [0, 0.05) is 17.8 Å². The minimum Gasteiger partial charge on any atom is -0.326 e. The molecule has 176 valence electrons. The molecule has 2 amide bonds. The molecule has 1 atom stereocenters. The SMILES string of the molecule is Cc1cc(C)cc(NC(=O)[C@@H]2CC(=O)Nc3nc(Nc4cccc(C(F)(F)F)c4)[nH]c(=O)c32)c1. The number of hydrogen-bond donors (Lipinski definition) is 4. The van der Waals surface area contributed by atoms with Crippen LogP contribution in [0.5, 0.6) is 0 Å². The van der Waals surface area contributed by atoms with Gasteiger partial charge >= 0.3 is 6.18 Å². The van der Waals surface area contributed by atoms with Crippen molar-refractivity contribution >= 4 is 35.0 Å². The predicted molar refractivity (Wildman–Crippen MR) is 120 cm³/mol. The van der Waals surface area contributed by atoms with Crippen molar-refractivity contribution in [3.63, 3.8) is 0 Å². The molecule has 0 radical (unpaired) electrons. The fraction of sp³-hybridized carbons (Fsp3) is 0.217. The second-order valence-electron chi connectivity index (χ2n) is 8.05. The van der Waals surface area contributed by atoms with E-state index in [4.69, 9.17) is 0 Å². The van der Waals surface area contributed by atoms with Gasteiger partial charge in [-0.25, -0.2) is 0 Å². The number of aromatic amines is 1. The summed E-state index contributed by atoms with van der Waals surface area (Å²) < 4.78 is 38.9. The monoisotopic (exact) mass is 471 g/mol. The number of alkyl halides is 3. The van der Waals surface area contributed by atoms with Gasteiger partial charge in [-0.05, 0) is 55.3 Å². The first-order chi connectivity index (χ1) is 16.0. The quantitative estimate of drug-likeness (QED) is 0.455. The van der Waals surface area contributed by atoms with Gasteiger partial charge < -0.3 is 16.0 Å². The molecule has 0 unspecified atom stereocenters. The third-order valence-electron chi connectivity index (χ3n) is 5.21. The lowest BCUT2D eigenvalue weighted by Gasteiger charge is -2.24. The lowest BCUT2D eigenvalue weighted by molar-refractivity contribution is -0.137. The summed E-state index contributed by atoms with van der Waals surface area (Å²) in [6, 6.07) is 9.81. The van der Waals surface area contributed by atoms with Crippen LogP contribution in [0.3, 0.4) is 0 Å². The highest BCUT2D eigenvalue weighted by molar-refractivity contribution is 6.04. The molecule has 11 heteroatoms. The zero-order valence-corrected chi connectivity index (χ0v) is 18.1. The molecular formula is C23H20F3N5O3. The Morgan fingerprint density at radius 1 is 1.06 bits per heavy atom. The Kier molecular flexibility index (Phi) is 5.86. The van der Waals surface area contributed by atoms with Crippen LogP contribution in [-0.2, 0) is 15.8 Å². The molecule has 0 fully saturated rings. The van der Waals surface area contributed by atoms with Gasteiger partial charge in [0.05, 0.1) is 17.0 Å². The number of nitrogens with one attached hydrogen (secondary N) is 4. The smallest absolute Gasteiger partial charge is 0.326 e. The van der Waals surface area contributed by atoms with Gasteiger partial charge in [0.2, 0.25) is 17.8 Å². The van der Waals surface area contributed by atoms with Crippen LogP contribution in [0.15, 0.2) is 47.3 Å². The number of carbonyl (C=O) groups is 2. The fourth-order valence-corrected chi connectivity index (χ4v) is 3.84. The van der Waals surface area contributed by atoms with Crippen molar-refractivity contribution in [2.24, 2.45) is 0 Å². The lowest BCUT2D eigenvalue weighted by atomic mass is 9.92. The molecule has 1 aliphatic heterocycles. The van der Waals surface area contributed by atoms with E-state index in [1.165, 1.54) is 12.1 Å². The summed E-state index contributed by atoms with van der Waals surface area (Å²) in [5.74, 6) is -2.47. The van der Waals surface area contributed by atoms with Crippen LogP contribution in [-0.4, -0.2) is 21.8 Å². The lowest BCUT2D eigenvalue weighted by Crippen LogP contribution is -2.36. The van der Waals surface area contributed by atoms with Crippen LogP contribution < -0.4 is 21.5 Å². The summed E-state index contributed by atoms with van der Waals surface area (Å²) in [6.45, 7) is 3.75. The summed E-state index contributed by atoms with van der Waals surface area (Å²) in [4.78, 5) is 44.6. The van der Waals surface area contributed by atoms with Crippen molar-refractivity contribution in [2.45, 2.75) is 32.4 Å². The number of halogens is 3. The van der Waals surface area contributed by atoms with Gasteiger partial charge in [0.25, 0.3) is 5.56 Å². The van der Waals surface area contributed by atoms with Crippen molar-refractivity contribution in [1.82, 2.24) is 9.97 Å². The molecule has 8 nitrogen and oxygen atoms in total. The van der Waals surface area contributed by atoms with E-state index in [1.54, 1.807) is 12.1 Å². The Balaban J connectivity index is 1.63. The number of nitrogens with zero attached hydrogens (tertiary/aromatic N) is 1. The molecule has 0 saturated heterocycles. The molecular weight excluding hydrogens is 451 g/mol. The summed E-state index contributed by atoms with van der Waals surface area (Å²) >= 11 is 0. The highest BCUT2D eigenvalue weighted by atomic mass is 19.4. The first-order valence-electron chi connectivity index (χ1n) is 10.3. The Hall–Kier alpha value is -4.15. The average molecular weight is 471 g/mol. The molecule has 34 heavy (non-hydrogen) atoms. The standard InChI is InChI=1S/C23H20F3N5O3/c1-11-6-12(2)8-15(7-11)27-20(33)16-10-17(32)29-19-18(16)21(34)31-22(30-19)28-14-5-3-4-13(9-14)23(24,25)26/h3-9,16H,10H2,1-2H3,(H,27,33)(H3,28,29,30,31,32,34)/t16-/m1/s1. The molecule has 2 heterocycles. The van der Waals surface area contributed by atoms with E-state index < -0.39 is 35.0 Å². The molecule has 0 aliphatic carbocycles. The minimum absolute atomic E-state index is 0.0314. The maximum Gasteiger partial charge on any atom is 0.416 e. The second-order valence-corrected chi connectivity index (χ2v) is 8.05. The molecule has 4 rings (SSSR count). The average Bonchev–Trinajstić information content (AvgIpc) is 2.71. The van der Waals surface area contributed by atoms with Crippen LogP contribution >= 0.6 is 0 Å². The molecule has 0 bridgehead atoms. The van der Waals surface area contributed by atoms with E-state index in [1.807, 2.05) is 19.9 Å². The summed E-state index contributed by atoms with van der Waals surface area (Å²) in [5.41, 5.74) is 0.820. The van der Waals surface area contributed by atoms with Crippen LogP contribution in [0.25, 0.3) is 0 Å². The Morgan fingerprint density at radius 3 is 2.44 bits per heavy atom. The highest BCUT2D eigenvalue weighted by Crippen LogP contribution is 2.32. The Labute approximate surface area is 191 Å². The van der Waals surface area contributed by atoms with Crippen molar-refractivity contribution in [3.8, 4) is 0 Å². The van der Waals surface area contributed by atoms with Crippen LogP contribution in [0.1, 0.15) is 34.6 Å². The third-order valence-corrected chi connectivity index (χ3v) is 5.21. The zero-order valence-electron chi connectivity index (χ0n) is 18.1. The Morgan fingerprint density at radius 2 is 1.76 bits per heavy atom. The van der Waals surface area contributed by atoms with Crippen molar-refractivity contribution < 1.29 is 22.8 Å². The Bertz CT molecular complexity index is 1330. The molecule has 1 aliphatic rings. The largest absolute Gasteiger partial charge is 0.416 e. The molecule has 1 aromatic heterocycles. The van der Waals surface area contributed by atoms with E-state index in [0.29, 0.717) is 5.69 Å². The first-order valence-corrected chi connectivity index (χ1v) is 10.3. The number of fused-ring (bicyclic) bond motifs is 1. The van der Waals surface area contributed by atoms with Crippen molar-refractivity contribution in [2.75, 3.05) is 16.0 Å². The van der Waals surface area contributed by atoms with Gasteiger partial charge in [-0.1, -0.05) is 12.1 Å². The highest BCUT2D eigenvalue weighted by Gasteiger charge is 2.35. The van der Waals surface area contributed by atoms with Crippen LogP contribution in [0.2, 0.25) is 0 Å². The van der Waals surface area contributed by atoms with Crippen molar-refractivity contribution in [1.29, 1.82) is 0 Å². The van der Waals surface area contributed by atoms with Gasteiger partial charge in [-0.3, -0.25) is 19.4 Å². The summed E-state index contributed by atoms with van der Waals surface area (Å²) in [6.07, 6.45) is -4.80. The molecule has 4 N–H and O–H groups in total. The minimum atomic E-state index is -4.54. The molecule has 0 saturated carbocycles.